The lowest BCUT2D eigenvalue weighted by Crippen LogP contribution is -2.09. The monoisotopic (exact) mass is 286 g/mol. The molecule has 1 aromatic rings. The lowest BCUT2D eigenvalue weighted by Gasteiger charge is -2.14. The fourth-order valence-corrected chi connectivity index (χ4v) is 2.17. The molecule has 1 fully saturated rings. The number of rotatable bonds is 4. The maximum Gasteiger partial charge on any atom is 0.157 e. The zero-order valence-electron chi connectivity index (χ0n) is 8.93. The van der Waals surface area contributed by atoms with Crippen LogP contribution >= 0.6 is 15.9 Å². The summed E-state index contributed by atoms with van der Waals surface area (Å²) >= 11 is 3.39. The molecule has 4 heteroatoms. The van der Waals surface area contributed by atoms with Gasteiger partial charge in [0.05, 0.1) is 19.3 Å². The van der Waals surface area contributed by atoms with Gasteiger partial charge in [0.15, 0.2) is 6.29 Å². The molecule has 0 aliphatic carbocycles. The third-order valence-corrected chi connectivity index (χ3v) is 3.09. The summed E-state index contributed by atoms with van der Waals surface area (Å²) in [4.78, 5) is 0. The zero-order valence-corrected chi connectivity index (χ0v) is 10.5. The number of ether oxygens (including phenoxy) is 2. The molecule has 88 valence electrons. The lowest BCUT2D eigenvalue weighted by molar-refractivity contribution is -0.0542. The molecule has 16 heavy (non-hydrogen) atoms. The van der Waals surface area contributed by atoms with E-state index in [-0.39, 0.29) is 6.29 Å². The minimum atomic E-state index is -0.453. The van der Waals surface area contributed by atoms with Gasteiger partial charge < -0.3 is 14.6 Å². The Morgan fingerprint density at radius 3 is 2.81 bits per heavy atom. The molecule has 0 amide bonds. The smallest absolute Gasteiger partial charge is 0.157 e. The largest absolute Gasteiger partial charge is 0.388 e. The summed E-state index contributed by atoms with van der Waals surface area (Å²) in [5.74, 6) is 0. The van der Waals surface area contributed by atoms with E-state index in [0.717, 1.165) is 16.5 Å². The van der Waals surface area contributed by atoms with Gasteiger partial charge in [-0.25, -0.2) is 0 Å². The van der Waals surface area contributed by atoms with E-state index in [9.17, 15) is 5.11 Å². The van der Waals surface area contributed by atoms with Crippen LogP contribution in [0.1, 0.15) is 24.5 Å². The average Bonchev–Trinajstić information content (AvgIpc) is 2.78. The van der Waals surface area contributed by atoms with Crippen LogP contribution in [-0.2, 0) is 9.47 Å². The molecule has 1 saturated heterocycles. The Hall–Kier alpha value is -0.420. The first-order valence-electron chi connectivity index (χ1n) is 5.42. The minimum absolute atomic E-state index is 0.137. The highest BCUT2D eigenvalue weighted by Gasteiger charge is 2.18. The van der Waals surface area contributed by atoms with E-state index < -0.39 is 6.10 Å². The van der Waals surface area contributed by atoms with Gasteiger partial charge in [0.2, 0.25) is 0 Å². The van der Waals surface area contributed by atoms with Gasteiger partial charge >= 0.3 is 0 Å². The van der Waals surface area contributed by atoms with Crippen LogP contribution in [0.25, 0.3) is 0 Å². The summed E-state index contributed by atoms with van der Waals surface area (Å²) in [6.45, 7) is 1.33. The molecule has 0 radical (unpaired) electrons. The quantitative estimate of drug-likeness (QED) is 0.925. The Bertz CT molecular complexity index is 337. The number of hydrogen-bond acceptors (Lipinski definition) is 3. The molecule has 1 atom stereocenters. The van der Waals surface area contributed by atoms with E-state index in [1.54, 1.807) is 0 Å². The molecular weight excluding hydrogens is 272 g/mol. The molecule has 1 aliphatic heterocycles. The van der Waals surface area contributed by atoms with E-state index >= 15 is 0 Å². The van der Waals surface area contributed by atoms with Crippen molar-refractivity contribution in [2.45, 2.75) is 25.2 Å². The average molecular weight is 287 g/mol. The van der Waals surface area contributed by atoms with E-state index in [4.69, 9.17) is 9.47 Å². The van der Waals surface area contributed by atoms with E-state index in [1.165, 1.54) is 0 Å². The molecule has 0 saturated carbocycles. The Morgan fingerprint density at radius 1 is 1.38 bits per heavy atom. The number of benzene rings is 1. The second kappa shape index (κ2) is 5.77. The number of hydrogen-bond donors (Lipinski definition) is 1. The second-order valence-electron chi connectivity index (χ2n) is 3.82. The molecule has 1 unspecified atom stereocenters. The van der Waals surface area contributed by atoms with E-state index in [0.29, 0.717) is 19.6 Å². The number of aliphatic hydroxyl groups is 1. The van der Waals surface area contributed by atoms with Crippen molar-refractivity contribution in [3.63, 3.8) is 0 Å². The van der Waals surface area contributed by atoms with Gasteiger partial charge in [0.1, 0.15) is 0 Å². The van der Waals surface area contributed by atoms with Crippen molar-refractivity contribution < 1.29 is 14.6 Å². The second-order valence-corrected chi connectivity index (χ2v) is 4.73. The summed E-state index contributed by atoms with van der Waals surface area (Å²) < 4.78 is 11.6. The highest BCUT2D eigenvalue weighted by molar-refractivity contribution is 9.10. The van der Waals surface area contributed by atoms with Crippen molar-refractivity contribution in [3.8, 4) is 0 Å². The first kappa shape index (κ1) is 12.0. The highest BCUT2D eigenvalue weighted by atomic mass is 79.9. The van der Waals surface area contributed by atoms with Gasteiger partial charge in [-0.3, -0.25) is 0 Å². The van der Waals surface area contributed by atoms with Crippen molar-refractivity contribution in [2.24, 2.45) is 0 Å². The molecule has 1 aromatic carbocycles. The van der Waals surface area contributed by atoms with Crippen molar-refractivity contribution in [1.82, 2.24) is 0 Å². The summed E-state index contributed by atoms with van der Waals surface area (Å²) in [5.41, 5.74) is 0.923. The fourth-order valence-electron chi connectivity index (χ4n) is 1.75. The van der Waals surface area contributed by atoms with Gasteiger partial charge in [0.25, 0.3) is 0 Å². The van der Waals surface area contributed by atoms with Crippen LogP contribution in [0.2, 0.25) is 0 Å². The van der Waals surface area contributed by atoms with Gasteiger partial charge in [-0.1, -0.05) is 28.1 Å². The molecular formula is C12H15BrO3. The normalized spacial score (nSPS) is 18.9. The molecule has 2 rings (SSSR count). The van der Waals surface area contributed by atoms with E-state index in [1.807, 2.05) is 24.3 Å². The van der Waals surface area contributed by atoms with Gasteiger partial charge in [-0.05, 0) is 24.1 Å². The summed E-state index contributed by atoms with van der Waals surface area (Å²) in [6.07, 6.45) is 0.793. The molecule has 0 bridgehead atoms. The molecule has 1 N–H and O–H groups in total. The van der Waals surface area contributed by atoms with Crippen LogP contribution in [-0.4, -0.2) is 24.6 Å². The Labute approximate surface area is 104 Å². The van der Waals surface area contributed by atoms with Crippen molar-refractivity contribution in [2.75, 3.05) is 13.2 Å². The highest BCUT2D eigenvalue weighted by Crippen LogP contribution is 2.23. The van der Waals surface area contributed by atoms with Crippen molar-refractivity contribution in [1.29, 1.82) is 0 Å². The van der Waals surface area contributed by atoms with E-state index in [2.05, 4.69) is 15.9 Å². The van der Waals surface area contributed by atoms with Crippen LogP contribution in [0, 0.1) is 0 Å². The minimum Gasteiger partial charge on any atom is -0.388 e. The fraction of sp³-hybridized carbons (Fsp3) is 0.500. The van der Waals surface area contributed by atoms with Crippen LogP contribution in [0.15, 0.2) is 28.7 Å². The third-order valence-electron chi connectivity index (χ3n) is 2.60. The Balaban J connectivity index is 1.85. The number of aliphatic hydroxyl groups excluding tert-OH is 1. The standard InChI is InChI=1S/C12H15BrO3/c13-10-3-1-2-9(8-10)11(14)4-5-12-15-6-7-16-12/h1-3,8,11-12,14H,4-7H2. The maximum atomic E-state index is 9.97. The van der Waals surface area contributed by atoms with Gasteiger partial charge in [0, 0.05) is 10.9 Å². The molecule has 3 nitrogen and oxygen atoms in total. The third kappa shape index (κ3) is 3.28. The Kier molecular flexibility index (Phi) is 4.35. The predicted octanol–water partition coefficient (Wildman–Crippen LogP) is 2.64. The topological polar surface area (TPSA) is 38.7 Å². The van der Waals surface area contributed by atoms with Crippen molar-refractivity contribution >= 4 is 15.9 Å². The first-order chi connectivity index (χ1) is 7.75. The maximum absolute atomic E-state index is 9.97. The van der Waals surface area contributed by atoms with Crippen molar-refractivity contribution in [3.05, 3.63) is 34.3 Å². The zero-order chi connectivity index (χ0) is 11.4. The Morgan fingerprint density at radius 2 is 2.12 bits per heavy atom. The first-order valence-corrected chi connectivity index (χ1v) is 6.22. The van der Waals surface area contributed by atoms with Crippen LogP contribution in [0.5, 0.6) is 0 Å². The molecule has 1 aliphatic rings. The van der Waals surface area contributed by atoms with Crippen LogP contribution in [0.3, 0.4) is 0 Å². The summed E-state index contributed by atoms with van der Waals surface area (Å²) in [5, 5.41) is 9.97. The molecule has 0 aromatic heterocycles. The molecule has 0 spiro atoms. The van der Waals surface area contributed by atoms with Crippen LogP contribution in [0.4, 0.5) is 0 Å². The van der Waals surface area contributed by atoms with Gasteiger partial charge in [-0.15, -0.1) is 0 Å². The summed E-state index contributed by atoms with van der Waals surface area (Å²) in [6, 6.07) is 7.72. The predicted molar refractivity (Wildman–Crippen MR) is 64.0 cm³/mol. The number of halogens is 1. The molecule has 1 heterocycles. The summed E-state index contributed by atoms with van der Waals surface area (Å²) in [7, 11) is 0. The lowest BCUT2D eigenvalue weighted by atomic mass is 10.1. The van der Waals surface area contributed by atoms with Gasteiger partial charge in [-0.2, -0.15) is 0 Å². The van der Waals surface area contributed by atoms with Crippen LogP contribution < -0.4 is 0 Å². The SMILES string of the molecule is OC(CCC1OCCO1)c1cccc(Br)c1.